The molecule has 0 fully saturated rings. The van der Waals surface area contributed by atoms with Crippen molar-refractivity contribution in [2.75, 3.05) is 11.9 Å². The summed E-state index contributed by atoms with van der Waals surface area (Å²) in [6, 6.07) is 0. The van der Waals surface area contributed by atoms with E-state index in [-0.39, 0.29) is 19.1 Å². The minimum atomic E-state index is -0.470. The molecule has 2 rings (SSSR count). The first-order valence-corrected chi connectivity index (χ1v) is 6.11. The Morgan fingerprint density at radius 2 is 2.30 bits per heavy atom. The zero-order valence-electron chi connectivity index (χ0n) is 11.2. The van der Waals surface area contributed by atoms with Crippen LogP contribution >= 0.6 is 0 Å². The molecule has 0 unspecified atom stereocenters. The normalized spacial score (nSPS) is 10.3. The Kier molecular flexibility index (Phi) is 4.14. The van der Waals surface area contributed by atoms with Crippen molar-refractivity contribution in [2.45, 2.75) is 20.4 Å². The maximum absolute atomic E-state index is 11.9. The lowest BCUT2D eigenvalue weighted by Crippen LogP contribution is -2.20. The van der Waals surface area contributed by atoms with Crippen molar-refractivity contribution in [3.8, 4) is 0 Å². The number of nitrogens with zero attached hydrogens (tertiary/aromatic N) is 3. The third kappa shape index (κ3) is 3.02. The molecule has 0 aliphatic rings. The Balaban J connectivity index is 2.09. The highest BCUT2D eigenvalue weighted by molar-refractivity contribution is 6.02. The fourth-order valence-electron chi connectivity index (χ4n) is 1.75. The van der Waals surface area contributed by atoms with Gasteiger partial charge in [-0.25, -0.2) is 9.48 Å². The quantitative estimate of drug-likeness (QED) is 0.784. The highest BCUT2D eigenvalue weighted by Gasteiger charge is 2.19. The van der Waals surface area contributed by atoms with Crippen molar-refractivity contribution in [1.82, 2.24) is 20.0 Å². The molecule has 0 saturated carbocycles. The van der Waals surface area contributed by atoms with Gasteiger partial charge in [0.2, 0.25) is 5.91 Å². The fourth-order valence-corrected chi connectivity index (χ4v) is 1.75. The molecule has 0 atom stereocenters. The first-order valence-electron chi connectivity index (χ1n) is 6.11. The molecule has 2 N–H and O–H groups in total. The zero-order chi connectivity index (χ0) is 14.5. The van der Waals surface area contributed by atoms with Crippen molar-refractivity contribution in [2.24, 2.45) is 0 Å². The standard InChI is InChI=1S/C12H15N5O3/c1-3-20-12(19)11-8(2)13-6-9(11)15-10(18)7-17-5-4-14-16-17/h4-6,13H,3,7H2,1-2H3,(H,15,18). The van der Waals surface area contributed by atoms with E-state index in [9.17, 15) is 9.59 Å². The molecule has 8 heteroatoms. The number of hydrogen-bond acceptors (Lipinski definition) is 5. The Morgan fingerprint density at radius 3 is 2.95 bits per heavy atom. The van der Waals surface area contributed by atoms with E-state index in [2.05, 4.69) is 20.6 Å². The van der Waals surface area contributed by atoms with Crippen LogP contribution < -0.4 is 5.32 Å². The first-order chi connectivity index (χ1) is 9.61. The number of nitrogens with one attached hydrogen (secondary N) is 2. The lowest BCUT2D eigenvalue weighted by atomic mass is 10.2. The summed E-state index contributed by atoms with van der Waals surface area (Å²) in [5.41, 5.74) is 1.37. The number of esters is 1. The van der Waals surface area contributed by atoms with E-state index < -0.39 is 5.97 Å². The molecule has 0 aromatic carbocycles. The van der Waals surface area contributed by atoms with Crippen LogP contribution in [0.5, 0.6) is 0 Å². The lowest BCUT2D eigenvalue weighted by Gasteiger charge is -2.07. The largest absolute Gasteiger partial charge is 0.462 e. The average molecular weight is 277 g/mol. The van der Waals surface area contributed by atoms with Crippen molar-refractivity contribution >= 4 is 17.6 Å². The molecule has 0 saturated heterocycles. The minimum Gasteiger partial charge on any atom is -0.462 e. The van der Waals surface area contributed by atoms with Gasteiger partial charge in [-0.05, 0) is 13.8 Å². The van der Waals surface area contributed by atoms with Crippen LogP contribution in [-0.4, -0.2) is 38.5 Å². The van der Waals surface area contributed by atoms with Crippen LogP contribution in [0.25, 0.3) is 0 Å². The van der Waals surface area contributed by atoms with Crippen LogP contribution in [0.2, 0.25) is 0 Å². The van der Waals surface area contributed by atoms with E-state index in [4.69, 9.17) is 4.74 Å². The van der Waals surface area contributed by atoms with Crippen LogP contribution in [0.4, 0.5) is 5.69 Å². The molecule has 8 nitrogen and oxygen atoms in total. The van der Waals surface area contributed by atoms with Crippen LogP contribution in [0, 0.1) is 6.92 Å². The zero-order valence-corrected chi connectivity index (χ0v) is 11.2. The van der Waals surface area contributed by atoms with Crippen LogP contribution in [0.3, 0.4) is 0 Å². The third-order valence-corrected chi connectivity index (χ3v) is 2.61. The van der Waals surface area contributed by atoms with E-state index >= 15 is 0 Å². The first kappa shape index (κ1) is 13.8. The van der Waals surface area contributed by atoms with Gasteiger partial charge in [0.15, 0.2) is 0 Å². The number of aromatic nitrogens is 4. The monoisotopic (exact) mass is 277 g/mol. The van der Waals surface area contributed by atoms with Crippen LogP contribution in [-0.2, 0) is 16.1 Å². The summed E-state index contributed by atoms with van der Waals surface area (Å²) in [5.74, 6) is -0.776. The summed E-state index contributed by atoms with van der Waals surface area (Å²) >= 11 is 0. The number of rotatable bonds is 5. The second-order valence-corrected chi connectivity index (χ2v) is 4.07. The van der Waals surface area contributed by atoms with Gasteiger partial charge in [0.05, 0.1) is 18.5 Å². The summed E-state index contributed by atoms with van der Waals surface area (Å²) < 4.78 is 6.35. The number of H-pyrrole nitrogens is 1. The third-order valence-electron chi connectivity index (χ3n) is 2.61. The smallest absolute Gasteiger partial charge is 0.342 e. The predicted octanol–water partition coefficient (Wildman–Crippen LogP) is 0.730. The predicted molar refractivity (Wildman–Crippen MR) is 70.1 cm³/mol. The van der Waals surface area contributed by atoms with Crippen molar-refractivity contribution in [3.05, 3.63) is 29.8 Å². The molecule has 0 aliphatic heterocycles. The van der Waals surface area contributed by atoms with Gasteiger partial charge in [0, 0.05) is 18.1 Å². The molecule has 2 aromatic rings. The molecule has 106 valence electrons. The highest BCUT2D eigenvalue weighted by atomic mass is 16.5. The number of hydrogen-bond donors (Lipinski definition) is 2. The summed E-state index contributed by atoms with van der Waals surface area (Å²) in [6.07, 6.45) is 4.62. The van der Waals surface area contributed by atoms with E-state index in [1.165, 1.54) is 10.9 Å². The SMILES string of the molecule is CCOC(=O)c1c(NC(=O)Cn2ccnn2)c[nH]c1C. The summed E-state index contributed by atoms with van der Waals surface area (Å²) in [5, 5.41) is 9.95. The number of carbonyl (C=O) groups excluding carboxylic acids is 2. The molecular formula is C12H15N5O3. The molecule has 20 heavy (non-hydrogen) atoms. The number of ether oxygens (including phenoxy) is 1. The van der Waals surface area contributed by atoms with E-state index in [1.54, 1.807) is 26.2 Å². The van der Waals surface area contributed by atoms with Gasteiger partial charge in [-0.1, -0.05) is 5.21 Å². The van der Waals surface area contributed by atoms with Crippen molar-refractivity contribution in [3.63, 3.8) is 0 Å². The van der Waals surface area contributed by atoms with E-state index in [1.807, 2.05) is 0 Å². The summed E-state index contributed by atoms with van der Waals surface area (Å²) in [7, 11) is 0. The van der Waals surface area contributed by atoms with Gasteiger partial charge in [-0.15, -0.1) is 5.10 Å². The maximum atomic E-state index is 11.9. The fraction of sp³-hybridized carbons (Fsp3) is 0.333. The maximum Gasteiger partial charge on any atom is 0.342 e. The van der Waals surface area contributed by atoms with E-state index in [0.29, 0.717) is 16.9 Å². The molecule has 2 heterocycles. The molecule has 2 aromatic heterocycles. The van der Waals surface area contributed by atoms with Crippen LogP contribution in [0.1, 0.15) is 23.0 Å². The average Bonchev–Trinajstić information content (AvgIpc) is 3.00. The molecule has 0 radical (unpaired) electrons. The lowest BCUT2D eigenvalue weighted by molar-refractivity contribution is -0.116. The number of anilines is 1. The van der Waals surface area contributed by atoms with Crippen molar-refractivity contribution < 1.29 is 14.3 Å². The van der Waals surface area contributed by atoms with E-state index in [0.717, 1.165) is 0 Å². The molecule has 0 spiro atoms. The Hall–Kier alpha value is -2.64. The van der Waals surface area contributed by atoms with Gasteiger partial charge in [0.1, 0.15) is 12.1 Å². The van der Waals surface area contributed by atoms with Gasteiger partial charge in [-0.3, -0.25) is 4.79 Å². The Morgan fingerprint density at radius 1 is 1.50 bits per heavy atom. The van der Waals surface area contributed by atoms with Gasteiger partial charge in [0.25, 0.3) is 0 Å². The number of aromatic amines is 1. The van der Waals surface area contributed by atoms with Gasteiger partial charge in [-0.2, -0.15) is 0 Å². The second kappa shape index (κ2) is 6.00. The Bertz CT molecular complexity index is 603. The van der Waals surface area contributed by atoms with Crippen molar-refractivity contribution in [1.29, 1.82) is 0 Å². The number of amides is 1. The second-order valence-electron chi connectivity index (χ2n) is 4.07. The molecule has 0 aliphatic carbocycles. The number of carbonyl (C=O) groups is 2. The van der Waals surface area contributed by atoms with Crippen LogP contribution in [0.15, 0.2) is 18.6 Å². The topological polar surface area (TPSA) is 102 Å². The molecule has 0 bridgehead atoms. The van der Waals surface area contributed by atoms with Gasteiger partial charge < -0.3 is 15.0 Å². The summed E-state index contributed by atoms with van der Waals surface area (Å²) in [6.45, 7) is 3.75. The number of aryl methyl sites for hydroxylation is 1. The Labute approximate surface area is 115 Å². The van der Waals surface area contributed by atoms with Gasteiger partial charge >= 0.3 is 5.97 Å². The summed E-state index contributed by atoms with van der Waals surface area (Å²) in [4.78, 5) is 26.6. The molecular weight excluding hydrogens is 262 g/mol. The highest BCUT2D eigenvalue weighted by Crippen LogP contribution is 2.20. The molecule has 1 amide bonds. The minimum absolute atomic E-state index is 0.0203.